The molecule has 0 aromatic heterocycles. The van der Waals surface area contributed by atoms with Gasteiger partial charge in [-0.15, -0.1) is 0 Å². The highest BCUT2D eigenvalue weighted by Crippen LogP contribution is 2.38. The van der Waals surface area contributed by atoms with Crippen molar-refractivity contribution in [3.8, 4) is 11.5 Å². The molecule has 0 amide bonds. The van der Waals surface area contributed by atoms with E-state index in [1.165, 1.54) is 14.0 Å². The van der Waals surface area contributed by atoms with Crippen molar-refractivity contribution in [2.75, 3.05) is 14.2 Å². The Labute approximate surface area is 107 Å². The van der Waals surface area contributed by atoms with Crippen LogP contribution in [-0.2, 0) is 4.79 Å². The third-order valence-corrected chi connectivity index (χ3v) is 2.99. The number of rotatable bonds is 6. The van der Waals surface area contributed by atoms with Crippen LogP contribution in [0.5, 0.6) is 11.5 Å². The molecule has 0 saturated heterocycles. The molecule has 2 unspecified atom stereocenters. The Bertz CT molecular complexity index is 416. The summed E-state index contributed by atoms with van der Waals surface area (Å²) >= 11 is 0. The Balaban J connectivity index is 3.31. The van der Waals surface area contributed by atoms with Crippen molar-refractivity contribution in [3.63, 3.8) is 0 Å². The third kappa shape index (κ3) is 3.00. The minimum atomic E-state index is -1.13. The van der Waals surface area contributed by atoms with Crippen molar-refractivity contribution >= 4 is 6.29 Å². The highest BCUT2D eigenvalue weighted by Gasteiger charge is 2.18. The van der Waals surface area contributed by atoms with Crippen LogP contribution in [0.2, 0.25) is 0 Å². The number of carbonyl (C=O) groups excluding carboxylic acids is 1. The fourth-order valence-electron chi connectivity index (χ4n) is 1.92. The normalized spacial score (nSPS) is 13.8. The molecule has 1 aromatic carbocycles. The highest BCUT2D eigenvalue weighted by atomic mass is 19.1. The van der Waals surface area contributed by atoms with E-state index in [-0.39, 0.29) is 5.92 Å². The molecule has 0 N–H and O–H groups in total. The van der Waals surface area contributed by atoms with Gasteiger partial charge in [-0.05, 0) is 24.5 Å². The van der Waals surface area contributed by atoms with Gasteiger partial charge in [0.05, 0.1) is 14.2 Å². The molecule has 0 fully saturated rings. The van der Waals surface area contributed by atoms with Crippen molar-refractivity contribution in [1.82, 2.24) is 0 Å². The van der Waals surface area contributed by atoms with E-state index in [1.54, 1.807) is 19.2 Å². The maximum absolute atomic E-state index is 13.6. The molecule has 1 aromatic rings. The van der Waals surface area contributed by atoms with Gasteiger partial charge in [0, 0.05) is 18.1 Å². The molecule has 0 aliphatic rings. The van der Waals surface area contributed by atoms with Gasteiger partial charge in [-0.25, -0.2) is 4.39 Å². The molecule has 0 bridgehead atoms. The Morgan fingerprint density at radius 3 is 2.17 bits per heavy atom. The summed E-state index contributed by atoms with van der Waals surface area (Å²) in [4.78, 5) is 10.6. The first kappa shape index (κ1) is 14.5. The fourth-order valence-corrected chi connectivity index (χ4v) is 1.92. The van der Waals surface area contributed by atoms with Crippen molar-refractivity contribution in [2.24, 2.45) is 0 Å². The van der Waals surface area contributed by atoms with Crippen molar-refractivity contribution in [3.05, 3.63) is 23.3 Å². The second-order valence-corrected chi connectivity index (χ2v) is 4.26. The Hall–Kier alpha value is -1.58. The van der Waals surface area contributed by atoms with Crippen molar-refractivity contribution < 1.29 is 18.7 Å². The first-order valence-corrected chi connectivity index (χ1v) is 5.88. The summed E-state index contributed by atoms with van der Waals surface area (Å²) in [7, 11) is 3.04. The monoisotopic (exact) mass is 254 g/mol. The van der Waals surface area contributed by atoms with Crippen LogP contribution in [0.4, 0.5) is 4.39 Å². The number of methoxy groups -OCH3 is 2. The molecule has 18 heavy (non-hydrogen) atoms. The molecule has 3 nitrogen and oxygen atoms in total. The van der Waals surface area contributed by atoms with Crippen LogP contribution in [0.3, 0.4) is 0 Å². The summed E-state index contributed by atoms with van der Waals surface area (Å²) in [5.74, 6) is 1.07. The summed E-state index contributed by atoms with van der Waals surface area (Å²) in [5, 5.41) is 0. The quantitative estimate of drug-likeness (QED) is 0.730. The van der Waals surface area contributed by atoms with Crippen LogP contribution in [0.25, 0.3) is 0 Å². The van der Waals surface area contributed by atoms with Gasteiger partial charge in [0.15, 0.2) is 0 Å². The second-order valence-electron chi connectivity index (χ2n) is 4.26. The Morgan fingerprint density at radius 1 is 1.17 bits per heavy atom. The molecule has 100 valence electrons. The number of benzene rings is 1. The molecule has 0 aliphatic carbocycles. The lowest BCUT2D eigenvalue weighted by atomic mass is 9.94. The molecular formula is C14H19FO3. The van der Waals surface area contributed by atoms with Gasteiger partial charge in [0.25, 0.3) is 0 Å². The van der Waals surface area contributed by atoms with Crippen LogP contribution in [-0.4, -0.2) is 20.5 Å². The first-order valence-electron chi connectivity index (χ1n) is 5.88. The van der Waals surface area contributed by atoms with Crippen LogP contribution < -0.4 is 9.47 Å². The van der Waals surface area contributed by atoms with E-state index < -0.39 is 6.17 Å². The molecule has 0 saturated carbocycles. The lowest BCUT2D eigenvalue weighted by Gasteiger charge is -2.18. The molecule has 2 atom stereocenters. The minimum Gasteiger partial charge on any atom is -0.496 e. The summed E-state index contributed by atoms with van der Waals surface area (Å²) in [6, 6.07) is 3.39. The molecular weight excluding hydrogens is 235 g/mol. The van der Waals surface area contributed by atoms with Gasteiger partial charge in [0.2, 0.25) is 0 Å². The molecule has 0 radical (unpaired) electrons. The summed E-state index contributed by atoms with van der Waals surface area (Å²) in [6.45, 7) is 3.36. The van der Waals surface area contributed by atoms with Crippen molar-refractivity contribution in [2.45, 2.75) is 32.4 Å². The second kappa shape index (κ2) is 6.38. The summed E-state index contributed by atoms with van der Waals surface area (Å²) in [5.41, 5.74) is 1.30. The first-order chi connectivity index (χ1) is 8.54. The van der Waals surface area contributed by atoms with Crippen molar-refractivity contribution in [1.29, 1.82) is 0 Å². The topological polar surface area (TPSA) is 35.5 Å². The van der Waals surface area contributed by atoms with E-state index in [1.807, 2.05) is 6.92 Å². The highest BCUT2D eigenvalue weighted by molar-refractivity contribution is 5.55. The van der Waals surface area contributed by atoms with Gasteiger partial charge in [-0.2, -0.15) is 0 Å². The number of hydrogen-bond donors (Lipinski definition) is 0. The molecule has 1 rings (SSSR count). The van der Waals surface area contributed by atoms with Crippen LogP contribution in [0.1, 0.15) is 43.5 Å². The molecule has 0 spiro atoms. The number of carbonyl (C=O) groups is 1. The zero-order valence-electron chi connectivity index (χ0n) is 11.2. The van der Waals surface area contributed by atoms with E-state index >= 15 is 0 Å². The lowest BCUT2D eigenvalue weighted by molar-refractivity contribution is -0.108. The summed E-state index contributed by atoms with van der Waals surface area (Å²) in [6.07, 6.45) is 0.100. The van der Waals surface area contributed by atoms with Gasteiger partial charge in [-0.3, -0.25) is 0 Å². The maximum Gasteiger partial charge on any atom is 0.128 e. The van der Waals surface area contributed by atoms with Crippen LogP contribution in [0, 0.1) is 0 Å². The Kier molecular flexibility index (Phi) is 5.13. The van der Waals surface area contributed by atoms with Gasteiger partial charge in [-0.1, -0.05) is 6.92 Å². The number of aldehydes is 1. The predicted octanol–water partition coefficient (Wildman–Crippen LogP) is 3.43. The standard InChI is InChI=1S/C14H19FO3/c1-9(5-6-16)11-7-12(10(2)15)14(18-4)8-13(11)17-3/h6-10H,5H2,1-4H3. The van der Waals surface area contributed by atoms with E-state index in [0.717, 1.165) is 11.8 Å². The van der Waals surface area contributed by atoms with E-state index in [9.17, 15) is 9.18 Å². The maximum atomic E-state index is 13.6. The van der Waals surface area contributed by atoms with E-state index in [4.69, 9.17) is 9.47 Å². The number of alkyl halides is 1. The van der Waals surface area contributed by atoms with Gasteiger partial charge < -0.3 is 14.3 Å². The van der Waals surface area contributed by atoms with Gasteiger partial charge >= 0.3 is 0 Å². The predicted molar refractivity (Wildman–Crippen MR) is 68.2 cm³/mol. The molecule has 0 heterocycles. The zero-order valence-corrected chi connectivity index (χ0v) is 11.2. The number of hydrogen-bond acceptors (Lipinski definition) is 3. The smallest absolute Gasteiger partial charge is 0.128 e. The van der Waals surface area contributed by atoms with Crippen LogP contribution in [0.15, 0.2) is 12.1 Å². The largest absolute Gasteiger partial charge is 0.496 e. The molecule has 4 heteroatoms. The fraction of sp³-hybridized carbons (Fsp3) is 0.500. The summed E-state index contributed by atoms with van der Waals surface area (Å²) < 4.78 is 24.0. The zero-order chi connectivity index (χ0) is 13.7. The SMILES string of the molecule is COc1cc(OC)c(C(C)CC=O)cc1C(C)F. The lowest BCUT2D eigenvalue weighted by Crippen LogP contribution is -2.03. The third-order valence-electron chi connectivity index (χ3n) is 2.99. The number of halogens is 1. The Morgan fingerprint density at radius 2 is 1.72 bits per heavy atom. The van der Waals surface area contributed by atoms with E-state index in [2.05, 4.69) is 0 Å². The van der Waals surface area contributed by atoms with Gasteiger partial charge in [0.1, 0.15) is 24.0 Å². The average molecular weight is 254 g/mol. The molecule has 0 aliphatic heterocycles. The van der Waals surface area contributed by atoms with E-state index in [0.29, 0.717) is 23.5 Å². The van der Waals surface area contributed by atoms with Crippen LogP contribution >= 0.6 is 0 Å². The number of ether oxygens (including phenoxy) is 2. The average Bonchev–Trinajstić information content (AvgIpc) is 2.37. The minimum absolute atomic E-state index is 0.0131.